The summed E-state index contributed by atoms with van der Waals surface area (Å²) in [6.07, 6.45) is 5.30. The number of rotatable bonds is 5. The standard InChI is InChI=1S/C23H22ClN3O2/c24-19-8-4-6-17(14-19)22-23(26-12-11-25-22)18-7-5-13-27(15-18)21(28)16-29-20-9-2-1-3-10-20/h1-4,6,8-12,14,18H,5,7,13,15-16H2/t18-/m0/s1. The van der Waals surface area contributed by atoms with Crippen molar-refractivity contribution in [1.29, 1.82) is 0 Å². The number of para-hydroxylation sites is 1. The van der Waals surface area contributed by atoms with E-state index in [1.54, 1.807) is 12.4 Å². The van der Waals surface area contributed by atoms with E-state index in [0.717, 1.165) is 36.3 Å². The van der Waals surface area contributed by atoms with Crippen LogP contribution in [0.1, 0.15) is 24.5 Å². The van der Waals surface area contributed by atoms with Crippen molar-refractivity contribution in [3.8, 4) is 17.0 Å². The second-order valence-electron chi connectivity index (χ2n) is 7.08. The normalized spacial score (nSPS) is 16.4. The van der Waals surface area contributed by atoms with Crippen LogP contribution >= 0.6 is 11.6 Å². The largest absolute Gasteiger partial charge is 0.484 e. The fourth-order valence-electron chi connectivity index (χ4n) is 3.69. The highest BCUT2D eigenvalue weighted by atomic mass is 35.5. The number of aromatic nitrogens is 2. The molecule has 1 aliphatic rings. The van der Waals surface area contributed by atoms with E-state index in [0.29, 0.717) is 17.3 Å². The van der Waals surface area contributed by atoms with Gasteiger partial charge in [0, 0.05) is 42.0 Å². The molecule has 29 heavy (non-hydrogen) atoms. The zero-order valence-electron chi connectivity index (χ0n) is 16.0. The van der Waals surface area contributed by atoms with E-state index in [2.05, 4.69) is 9.97 Å². The van der Waals surface area contributed by atoms with E-state index in [4.69, 9.17) is 16.3 Å². The molecular formula is C23H22ClN3O2. The van der Waals surface area contributed by atoms with Crippen LogP contribution in [0, 0.1) is 0 Å². The second kappa shape index (κ2) is 9.05. The first-order valence-corrected chi connectivity index (χ1v) is 10.1. The van der Waals surface area contributed by atoms with Crippen molar-refractivity contribution >= 4 is 17.5 Å². The molecule has 2 heterocycles. The topological polar surface area (TPSA) is 55.3 Å². The maximum atomic E-state index is 12.7. The van der Waals surface area contributed by atoms with Gasteiger partial charge in [-0.3, -0.25) is 14.8 Å². The molecule has 1 amide bonds. The fraction of sp³-hybridized carbons (Fsp3) is 0.261. The predicted octanol–water partition coefficient (Wildman–Crippen LogP) is 4.58. The Balaban J connectivity index is 1.48. The first kappa shape index (κ1) is 19.4. The highest BCUT2D eigenvalue weighted by Gasteiger charge is 2.28. The van der Waals surface area contributed by atoms with Crippen molar-refractivity contribution < 1.29 is 9.53 Å². The van der Waals surface area contributed by atoms with Crippen LogP contribution < -0.4 is 4.74 Å². The van der Waals surface area contributed by atoms with Gasteiger partial charge in [-0.05, 0) is 37.1 Å². The highest BCUT2D eigenvalue weighted by Crippen LogP contribution is 2.32. The fourth-order valence-corrected chi connectivity index (χ4v) is 3.88. The van der Waals surface area contributed by atoms with E-state index in [1.807, 2.05) is 59.5 Å². The molecule has 0 bridgehead atoms. The van der Waals surface area contributed by atoms with Gasteiger partial charge < -0.3 is 9.64 Å². The molecule has 0 N–H and O–H groups in total. The zero-order chi connectivity index (χ0) is 20.1. The molecule has 6 heteroatoms. The Bertz CT molecular complexity index is 981. The first-order chi connectivity index (χ1) is 14.2. The Morgan fingerprint density at radius 2 is 1.93 bits per heavy atom. The quantitative estimate of drug-likeness (QED) is 0.621. The van der Waals surface area contributed by atoms with Gasteiger partial charge >= 0.3 is 0 Å². The second-order valence-corrected chi connectivity index (χ2v) is 7.52. The lowest BCUT2D eigenvalue weighted by molar-refractivity contribution is -0.134. The van der Waals surface area contributed by atoms with Gasteiger partial charge in [0.1, 0.15) is 5.75 Å². The number of carbonyl (C=O) groups is 1. The monoisotopic (exact) mass is 407 g/mol. The SMILES string of the molecule is O=C(COc1ccccc1)N1CCC[C@H](c2nccnc2-c2cccc(Cl)c2)C1. The summed E-state index contributed by atoms with van der Waals surface area (Å²) in [4.78, 5) is 23.7. The third kappa shape index (κ3) is 4.74. The third-order valence-electron chi connectivity index (χ3n) is 5.09. The van der Waals surface area contributed by atoms with Gasteiger partial charge in [-0.15, -0.1) is 0 Å². The van der Waals surface area contributed by atoms with Crippen LogP contribution in [-0.4, -0.2) is 40.5 Å². The molecule has 0 radical (unpaired) electrons. The van der Waals surface area contributed by atoms with Crippen molar-refractivity contribution in [3.05, 3.63) is 77.7 Å². The molecule has 1 aliphatic heterocycles. The lowest BCUT2D eigenvalue weighted by atomic mass is 9.91. The maximum absolute atomic E-state index is 12.7. The maximum Gasteiger partial charge on any atom is 0.260 e. The molecule has 3 aromatic rings. The Morgan fingerprint density at radius 1 is 1.10 bits per heavy atom. The van der Waals surface area contributed by atoms with Crippen LogP contribution in [0.15, 0.2) is 67.0 Å². The minimum Gasteiger partial charge on any atom is -0.484 e. The number of carbonyl (C=O) groups excluding carboxylic acids is 1. The van der Waals surface area contributed by atoms with Gasteiger partial charge in [0.15, 0.2) is 6.61 Å². The van der Waals surface area contributed by atoms with E-state index in [1.165, 1.54) is 0 Å². The average molecular weight is 408 g/mol. The molecule has 1 atom stereocenters. The Hall–Kier alpha value is -2.92. The van der Waals surface area contributed by atoms with Crippen molar-refractivity contribution in [2.75, 3.05) is 19.7 Å². The van der Waals surface area contributed by atoms with Crippen LogP contribution in [0.2, 0.25) is 5.02 Å². The third-order valence-corrected chi connectivity index (χ3v) is 5.33. The van der Waals surface area contributed by atoms with Crippen LogP contribution in [0.4, 0.5) is 0 Å². The number of hydrogen-bond donors (Lipinski definition) is 0. The number of amides is 1. The molecule has 5 nitrogen and oxygen atoms in total. The van der Waals surface area contributed by atoms with Crippen LogP contribution in [0.5, 0.6) is 5.75 Å². The van der Waals surface area contributed by atoms with E-state index < -0.39 is 0 Å². The van der Waals surface area contributed by atoms with Crippen molar-refractivity contribution in [1.82, 2.24) is 14.9 Å². The lowest BCUT2D eigenvalue weighted by Crippen LogP contribution is -2.41. The molecule has 1 fully saturated rings. The number of ether oxygens (including phenoxy) is 1. The van der Waals surface area contributed by atoms with E-state index in [9.17, 15) is 4.79 Å². The molecule has 0 spiro atoms. The molecule has 0 saturated carbocycles. The van der Waals surface area contributed by atoms with Gasteiger partial charge in [-0.2, -0.15) is 0 Å². The molecule has 1 saturated heterocycles. The molecule has 148 valence electrons. The molecule has 4 rings (SSSR count). The summed E-state index contributed by atoms with van der Waals surface area (Å²) in [6, 6.07) is 17.0. The Morgan fingerprint density at radius 3 is 2.76 bits per heavy atom. The number of benzene rings is 2. The molecule has 1 aromatic heterocycles. The minimum absolute atomic E-state index is 0.00764. The van der Waals surface area contributed by atoms with Gasteiger partial charge in [0.25, 0.3) is 5.91 Å². The van der Waals surface area contributed by atoms with Crippen molar-refractivity contribution in [3.63, 3.8) is 0 Å². The summed E-state index contributed by atoms with van der Waals surface area (Å²) in [5.74, 6) is 0.824. The number of piperidine rings is 1. The molecule has 0 unspecified atom stereocenters. The van der Waals surface area contributed by atoms with Crippen molar-refractivity contribution in [2.24, 2.45) is 0 Å². The lowest BCUT2D eigenvalue weighted by Gasteiger charge is -2.33. The molecule has 0 aliphatic carbocycles. The molecular weight excluding hydrogens is 386 g/mol. The summed E-state index contributed by atoms with van der Waals surface area (Å²) in [5.41, 5.74) is 2.68. The smallest absolute Gasteiger partial charge is 0.260 e. The molecule has 2 aromatic carbocycles. The van der Waals surface area contributed by atoms with Crippen LogP contribution in [0.3, 0.4) is 0 Å². The summed E-state index contributed by atoms with van der Waals surface area (Å²) >= 11 is 6.17. The minimum atomic E-state index is -0.00764. The Kier molecular flexibility index (Phi) is 6.06. The summed E-state index contributed by atoms with van der Waals surface area (Å²) in [5, 5.41) is 0.664. The van der Waals surface area contributed by atoms with Gasteiger partial charge in [-0.25, -0.2) is 0 Å². The van der Waals surface area contributed by atoms with Gasteiger partial charge in [0.05, 0.1) is 11.4 Å². The number of hydrogen-bond acceptors (Lipinski definition) is 4. The van der Waals surface area contributed by atoms with E-state index >= 15 is 0 Å². The van der Waals surface area contributed by atoms with Gasteiger partial charge in [-0.1, -0.05) is 41.9 Å². The number of likely N-dealkylation sites (tertiary alicyclic amines) is 1. The predicted molar refractivity (Wildman–Crippen MR) is 113 cm³/mol. The zero-order valence-corrected chi connectivity index (χ0v) is 16.8. The van der Waals surface area contributed by atoms with Gasteiger partial charge in [0.2, 0.25) is 0 Å². The van der Waals surface area contributed by atoms with Crippen molar-refractivity contribution in [2.45, 2.75) is 18.8 Å². The van der Waals surface area contributed by atoms with Crippen LogP contribution in [0.25, 0.3) is 11.3 Å². The average Bonchev–Trinajstić information content (AvgIpc) is 2.78. The Labute approximate surface area is 175 Å². The summed E-state index contributed by atoms with van der Waals surface area (Å²) < 4.78 is 5.63. The number of nitrogens with zero attached hydrogens (tertiary/aromatic N) is 3. The first-order valence-electron chi connectivity index (χ1n) is 9.73. The number of halogens is 1. The highest BCUT2D eigenvalue weighted by molar-refractivity contribution is 6.30. The summed E-state index contributed by atoms with van der Waals surface area (Å²) in [7, 11) is 0. The van der Waals surface area contributed by atoms with E-state index in [-0.39, 0.29) is 18.4 Å². The van der Waals surface area contributed by atoms with Crippen LogP contribution in [-0.2, 0) is 4.79 Å². The summed E-state index contributed by atoms with van der Waals surface area (Å²) in [6.45, 7) is 1.39.